The van der Waals surface area contributed by atoms with E-state index in [1.165, 1.54) is 18.3 Å². The maximum atomic E-state index is 12.5. The van der Waals surface area contributed by atoms with Gasteiger partial charge < -0.3 is 10.2 Å². The summed E-state index contributed by atoms with van der Waals surface area (Å²) in [5, 5.41) is 2.61. The van der Waals surface area contributed by atoms with Gasteiger partial charge >= 0.3 is 6.01 Å². The summed E-state index contributed by atoms with van der Waals surface area (Å²) in [6, 6.07) is 22.0. The van der Waals surface area contributed by atoms with Crippen molar-refractivity contribution in [1.82, 2.24) is 9.97 Å². The molecule has 0 saturated heterocycles. The van der Waals surface area contributed by atoms with Crippen LogP contribution in [0.25, 0.3) is 22.6 Å². The fourth-order valence-electron chi connectivity index (χ4n) is 2.79. The number of oxazole rings is 1. The van der Waals surface area contributed by atoms with Gasteiger partial charge in [-0.2, -0.15) is 4.98 Å². The fourth-order valence-corrected chi connectivity index (χ4v) is 2.79. The number of pyridine rings is 1. The van der Waals surface area contributed by atoms with Crippen molar-refractivity contribution in [3.63, 3.8) is 0 Å². The Morgan fingerprint density at radius 1 is 0.862 bits per heavy atom. The Morgan fingerprint density at radius 2 is 1.52 bits per heavy atom. The van der Waals surface area contributed by atoms with Gasteiger partial charge in [-0.15, -0.1) is 0 Å². The largest absolute Gasteiger partial charge is 0.423 e. The number of hydrogen-bond donors (Lipinski definition) is 2. The molecule has 0 bridgehead atoms. The molecule has 0 radical (unpaired) electrons. The van der Waals surface area contributed by atoms with Gasteiger partial charge in [0.25, 0.3) is 5.91 Å². The molecule has 0 aliphatic heterocycles. The summed E-state index contributed by atoms with van der Waals surface area (Å²) in [5.41, 5.74) is 7.83. The molecule has 2 amide bonds. The smallest absolute Gasteiger partial charge is 0.302 e. The van der Waals surface area contributed by atoms with Gasteiger partial charge in [0.1, 0.15) is 11.4 Å². The van der Waals surface area contributed by atoms with Crippen molar-refractivity contribution in [3.8, 4) is 22.6 Å². The van der Waals surface area contributed by atoms with Crippen molar-refractivity contribution < 1.29 is 14.0 Å². The average molecular weight is 384 g/mol. The normalized spacial score (nSPS) is 10.5. The van der Waals surface area contributed by atoms with E-state index in [-0.39, 0.29) is 17.3 Å². The van der Waals surface area contributed by atoms with Crippen LogP contribution in [-0.4, -0.2) is 21.8 Å². The lowest BCUT2D eigenvalue weighted by atomic mass is 10.1. The Labute approximate surface area is 166 Å². The molecular formula is C22H16N4O3. The van der Waals surface area contributed by atoms with E-state index in [1.807, 2.05) is 60.7 Å². The average Bonchev–Trinajstić information content (AvgIpc) is 3.19. The maximum Gasteiger partial charge on any atom is 0.302 e. The summed E-state index contributed by atoms with van der Waals surface area (Å²) < 4.78 is 5.86. The number of hydrogen-bond acceptors (Lipinski definition) is 5. The van der Waals surface area contributed by atoms with Crippen LogP contribution < -0.4 is 11.1 Å². The summed E-state index contributed by atoms with van der Waals surface area (Å²) in [4.78, 5) is 32.1. The van der Waals surface area contributed by atoms with Gasteiger partial charge in [-0.1, -0.05) is 60.7 Å². The molecule has 0 aliphatic rings. The molecule has 0 aliphatic carbocycles. The van der Waals surface area contributed by atoms with Crippen LogP contribution in [0.15, 0.2) is 83.4 Å². The van der Waals surface area contributed by atoms with Crippen molar-refractivity contribution in [3.05, 3.63) is 90.3 Å². The van der Waals surface area contributed by atoms with Crippen LogP contribution in [0.2, 0.25) is 0 Å². The van der Waals surface area contributed by atoms with Gasteiger partial charge in [0.2, 0.25) is 5.91 Å². The lowest BCUT2D eigenvalue weighted by Gasteiger charge is -2.01. The fraction of sp³-hybridized carbons (Fsp3) is 0. The topological polar surface area (TPSA) is 111 Å². The molecule has 2 heterocycles. The maximum absolute atomic E-state index is 12.5. The summed E-state index contributed by atoms with van der Waals surface area (Å²) in [6.45, 7) is 0. The highest BCUT2D eigenvalue weighted by Gasteiger charge is 2.19. The van der Waals surface area contributed by atoms with E-state index in [0.29, 0.717) is 11.5 Å². The first-order valence-electron chi connectivity index (χ1n) is 8.80. The SMILES string of the molecule is NC(=O)c1ccc(C(=O)Nc2nc(-c3ccccc3)c(-c3ccccc3)o2)nc1. The first kappa shape index (κ1) is 18.1. The molecule has 0 saturated carbocycles. The van der Waals surface area contributed by atoms with Gasteiger partial charge in [-0.05, 0) is 12.1 Å². The molecule has 2 aromatic carbocycles. The number of anilines is 1. The Kier molecular flexibility index (Phi) is 4.86. The van der Waals surface area contributed by atoms with E-state index in [4.69, 9.17) is 10.2 Å². The van der Waals surface area contributed by atoms with Crippen LogP contribution in [0.5, 0.6) is 0 Å². The summed E-state index contributed by atoms with van der Waals surface area (Å²) in [7, 11) is 0. The number of nitrogens with two attached hydrogens (primary N) is 1. The van der Waals surface area contributed by atoms with Crippen molar-refractivity contribution >= 4 is 17.8 Å². The predicted octanol–water partition coefficient (Wildman–Crippen LogP) is 3.75. The van der Waals surface area contributed by atoms with E-state index in [1.54, 1.807) is 0 Å². The number of benzene rings is 2. The molecule has 29 heavy (non-hydrogen) atoms. The second kappa shape index (κ2) is 7.77. The molecule has 0 atom stereocenters. The number of primary amides is 1. The standard InChI is InChI=1S/C22H16N4O3/c23-20(27)16-11-12-17(24-13-16)21(28)26-22-25-18(14-7-3-1-4-8-14)19(29-22)15-9-5-2-6-10-15/h1-13H,(H2,23,27)(H,25,26,28). The summed E-state index contributed by atoms with van der Waals surface area (Å²) in [5.74, 6) is -0.581. The Morgan fingerprint density at radius 3 is 2.10 bits per heavy atom. The lowest BCUT2D eigenvalue weighted by Crippen LogP contribution is -2.16. The van der Waals surface area contributed by atoms with E-state index >= 15 is 0 Å². The molecule has 4 aromatic rings. The molecule has 2 aromatic heterocycles. The number of aromatic nitrogens is 2. The molecule has 0 fully saturated rings. The zero-order chi connectivity index (χ0) is 20.2. The van der Waals surface area contributed by atoms with Crippen LogP contribution in [0, 0.1) is 0 Å². The zero-order valence-corrected chi connectivity index (χ0v) is 15.2. The van der Waals surface area contributed by atoms with Gasteiger partial charge in [0.15, 0.2) is 5.76 Å². The van der Waals surface area contributed by atoms with Gasteiger partial charge in [0, 0.05) is 17.3 Å². The minimum Gasteiger partial charge on any atom is -0.423 e. The number of carbonyl (C=O) groups excluding carboxylic acids is 2. The first-order valence-corrected chi connectivity index (χ1v) is 8.80. The zero-order valence-electron chi connectivity index (χ0n) is 15.2. The Hall–Kier alpha value is -4.26. The molecule has 142 valence electrons. The molecule has 3 N–H and O–H groups in total. The Balaban J connectivity index is 1.67. The minimum absolute atomic E-state index is 0.0495. The lowest BCUT2D eigenvalue weighted by molar-refractivity contribution is 0.0992. The summed E-state index contributed by atoms with van der Waals surface area (Å²) >= 11 is 0. The van der Waals surface area contributed by atoms with Crippen molar-refractivity contribution in [2.45, 2.75) is 0 Å². The third kappa shape index (κ3) is 3.89. The molecule has 7 heteroatoms. The van der Waals surface area contributed by atoms with Crippen LogP contribution in [0.3, 0.4) is 0 Å². The van der Waals surface area contributed by atoms with Gasteiger partial charge in [-0.3, -0.25) is 19.9 Å². The highest BCUT2D eigenvalue weighted by Crippen LogP contribution is 2.34. The number of amides is 2. The van der Waals surface area contributed by atoms with Crippen LogP contribution >= 0.6 is 0 Å². The second-order valence-electron chi connectivity index (χ2n) is 6.18. The first-order chi connectivity index (χ1) is 14.1. The van der Waals surface area contributed by atoms with E-state index < -0.39 is 11.8 Å². The van der Waals surface area contributed by atoms with Gasteiger partial charge in [0.05, 0.1) is 5.56 Å². The van der Waals surface area contributed by atoms with E-state index in [9.17, 15) is 9.59 Å². The summed E-state index contributed by atoms with van der Waals surface area (Å²) in [6.07, 6.45) is 1.25. The number of nitrogens with one attached hydrogen (secondary N) is 1. The highest BCUT2D eigenvalue weighted by atomic mass is 16.4. The van der Waals surface area contributed by atoms with Crippen molar-refractivity contribution in [2.75, 3.05) is 5.32 Å². The molecular weight excluding hydrogens is 368 g/mol. The molecule has 7 nitrogen and oxygen atoms in total. The number of rotatable bonds is 5. The second-order valence-corrected chi connectivity index (χ2v) is 6.18. The monoisotopic (exact) mass is 384 g/mol. The van der Waals surface area contributed by atoms with Crippen LogP contribution in [-0.2, 0) is 0 Å². The third-order valence-corrected chi connectivity index (χ3v) is 4.21. The highest BCUT2D eigenvalue weighted by molar-refractivity contribution is 6.02. The Bertz CT molecular complexity index is 1100. The van der Waals surface area contributed by atoms with Crippen LogP contribution in [0.1, 0.15) is 20.8 Å². The molecule has 4 rings (SSSR count). The van der Waals surface area contributed by atoms with Gasteiger partial charge in [-0.25, -0.2) is 0 Å². The third-order valence-electron chi connectivity index (χ3n) is 4.21. The van der Waals surface area contributed by atoms with Crippen molar-refractivity contribution in [2.24, 2.45) is 5.73 Å². The van der Waals surface area contributed by atoms with Crippen LogP contribution in [0.4, 0.5) is 6.01 Å². The molecule has 0 spiro atoms. The van der Waals surface area contributed by atoms with Crippen molar-refractivity contribution in [1.29, 1.82) is 0 Å². The predicted molar refractivity (Wildman–Crippen MR) is 108 cm³/mol. The number of carbonyl (C=O) groups is 2. The van der Waals surface area contributed by atoms with E-state index in [0.717, 1.165) is 11.1 Å². The minimum atomic E-state index is -0.614. The quantitative estimate of drug-likeness (QED) is 0.544. The molecule has 0 unspecified atom stereocenters. The number of nitrogens with zero attached hydrogens (tertiary/aromatic N) is 2. The van der Waals surface area contributed by atoms with E-state index in [2.05, 4.69) is 15.3 Å².